The van der Waals surface area contributed by atoms with E-state index in [4.69, 9.17) is 0 Å². The van der Waals surface area contributed by atoms with Crippen molar-refractivity contribution in [2.75, 3.05) is 17.2 Å². The Morgan fingerprint density at radius 1 is 1.00 bits per heavy atom. The third kappa shape index (κ3) is 4.20. The first-order chi connectivity index (χ1) is 14.0. The number of para-hydroxylation sites is 1. The van der Waals surface area contributed by atoms with Crippen molar-refractivity contribution in [1.29, 1.82) is 0 Å². The largest absolute Gasteiger partial charge is 0.311 e. The van der Waals surface area contributed by atoms with Gasteiger partial charge in [-0.3, -0.25) is 4.79 Å². The number of fused-ring (bicyclic) bond motifs is 1. The van der Waals surface area contributed by atoms with E-state index < -0.39 is 0 Å². The lowest BCUT2D eigenvalue weighted by Gasteiger charge is -2.29. The van der Waals surface area contributed by atoms with Crippen LogP contribution in [0.5, 0.6) is 0 Å². The number of thioether (sulfide) groups is 1. The van der Waals surface area contributed by atoms with Gasteiger partial charge in [0.25, 0.3) is 0 Å². The smallest absolute Gasteiger partial charge is 0.237 e. The number of nitrogens with zero attached hydrogens (tertiary/aromatic N) is 3. The third-order valence-electron chi connectivity index (χ3n) is 5.51. The molecule has 1 aliphatic rings. The number of hydrogen-bond donors (Lipinski definition) is 0. The van der Waals surface area contributed by atoms with Crippen LogP contribution in [0.1, 0.15) is 28.7 Å². The Labute approximate surface area is 176 Å². The molecule has 4 rings (SSSR count). The van der Waals surface area contributed by atoms with Gasteiger partial charge >= 0.3 is 0 Å². The number of amides is 1. The van der Waals surface area contributed by atoms with E-state index in [0.717, 1.165) is 41.4 Å². The first kappa shape index (κ1) is 19.6. The molecule has 2 heterocycles. The molecule has 148 valence electrons. The maximum atomic E-state index is 12.8. The lowest BCUT2D eigenvalue weighted by atomic mass is 9.99. The molecule has 3 aromatic rings. The summed E-state index contributed by atoms with van der Waals surface area (Å²) in [5.41, 5.74) is 8.01. The van der Waals surface area contributed by atoms with Gasteiger partial charge in [0.2, 0.25) is 5.91 Å². The zero-order chi connectivity index (χ0) is 20.4. The first-order valence-electron chi connectivity index (χ1n) is 9.96. The van der Waals surface area contributed by atoms with Crippen molar-refractivity contribution >= 4 is 23.4 Å². The van der Waals surface area contributed by atoms with Crippen molar-refractivity contribution in [3.63, 3.8) is 0 Å². The summed E-state index contributed by atoms with van der Waals surface area (Å²) in [5, 5.41) is 9.54. The van der Waals surface area contributed by atoms with Crippen molar-refractivity contribution in [2.45, 2.75) is 38.6 Å². The second-order valence-corrected chi connectivity index (χ2v) is 8.57. The molecular weight excluding hydrogens is 378 g/mol. The summed E-state index contributed by atoms with van der Waals surface area (Å²) in [6, 6.07) is 16.5. The van der Waals surface area contributed by atoms with Crippen molar-refractivity contribution < 1.29 is 4.79 Å². The zero-order valence-corrected chi connectivity index (χ0v) is 17.9. The van der Waals surface area contributed by atoms with Crippen molar-refractivity contribution in [3.8, 4) is 11.3 Å². The molecule has 0 atom stereocenters. The van der Waals surface area contributed by atoms with Gasteiger partial charge in [-0.1, -0.05) is 36.0 Å². The van der Waals surface area contributed by atoms with Gasteiger partial charge in [-0.05, 0) is 80.1 Å². The molecule has 1 aliphatic heterocycles. The second kappa shape index (κ2) is 8.37. The Kier molecular flexibility index (Phi) is 5.67. The molecule has 0 saturated heterocycles. The number of benzene rings is 2. The van der Waals surface area contributed by atoms with Crippen molar-refractivity contribution in [2.24, 2.45) is 0 Å². The van der Waals surface area contributed by atoms with E-state index >= 15 is 0 Å². The van der Waals surface area contributed by atoms with E-state index in [1.807, 2.05) is 35.2 Å². The van der Waals surface area contributed by atoms with Crippen LogP contribution in [0.3, 0.4) is 0 Å². The molecule has 0 aliphatic carbocycles. The van der Waals surface area contributed by atoms with Gasteiger partial charge in [-0.15, -0.1) is 10.2 Å². The fourth-order valence-electron chi connectivity index (χ4n) is 3.78. The van der Waals surface area contributed by atoms with Crippen LogP contribution in [0, 0.1) is 20.8 Å². The van der Waals surface area contributed by atoms with Crippen molar-refractivity contribution in [1.82, 2.24) is 10.2 Å². The van der Waals surface area contributed by atoms with Crippen LogP contribution in [0.25, 0.3) is 11.3 Å². The molecular formula is C24H25N3OS. The lowest BCUT2D eigenvalue weighted by molar-refractivity contribution is -0.116. The topological polar surface area (TPSA) is 46.1 Å². The number of hydrogen-bond acceptors (Lipinski definition) is 4. The normalized spacial score (nSPS) is 13.3. The fraction of sp³-hybridized carbons (Fsp3) is 0.292. The summed E-state index contributed by atoms with van der Waals surface area (Å²) >= 11 is 1.45. The van der Waals surface area contributed by atoms with Crippen LogP contribution in [0.4, 0.5) is 5.69 Å². The van der Waals surface area contributed by atoms with Gasteiger partial charge in [0.15, 0.2) is 0 Å². The van der Waals surface area contributed by atoms with Crippen LogP contribution >= 0.6 is 11.8 Å². The quantitative estimate of drug-likeness (QED) is 0.566. The Morgan fingerprint density at radius 3 is 2.59 bits per heavy atom. The Balaban J connectivity index is 1.44. The molecule has 0 N–H and O–H groups in total. The number of anilines is 1. The molecule has 1 aromatic heterocycles. The van der Waals surface area contributed by atoms with Gasteiger partial charge in [0.05, 0.1) is 11.4 Å². The summed E-state index contributed by atoms with van der Waals surface area (Å²) in [7, 11) is 0. The number of aryl methyl sites for hydroxylation is 4. The highest BCUT2D eigenvalue weighted by molar-refractivity contribution is 7.99. The predicted molar refractivity (Wildman–Crippen MR) is 120 cm³/mol. The summed E-state index contributed by atoms with van der Waals surface area (Å²) in [5.74, 6) is 0.489. The molecule has 1 amide bonds. The minimum Gasteiger partial charge on any atom is -0.311 e. The minimum atomic E-state index is 0.123. The van der Waals surface area contributed by atoms with Crippen LogP contribution in [0.2, 0.25) is 0 Å². The van der Waals surface area contributed by atoms with E-state index in [0.29, 0.717) is 5.75 Å². The number of rotatable bonds is 4. The molecule has 0 saturated carbocycles. The van der Waals surface area contributed by atoms with Crippen LogP contribution in [-0.2, 0) is 11.2 Å². The van der Waals surface area contributed by atoms with E-state index in [2.05, 4.69) is 49.2 Å². The maximum Gasteiger partial charge on any atom is 0.237 e. The molecule has 0 unspecified atom stereocenters. The van der Waals surface area contributed by atoms with E-state index in [9.17, 15) is 4.79 Å². The third-order valence-corrected chi connectivity index (χ3v) is 6.42. The summed E-state index contributed by atoms with van der Waals surface area (Å²) in [6.07, 6.45) is 2.05. The summed E-state index contributed by atoms with van der Waals surface area (Å²) in [4.78, 5) is 14.7. The molecule has 0 spiro atoms. The highest BCUT2D eigenvalue weighted by Crippen LogP contribution is 2.29. The zero-order valence-electron chi connectivity index (χ0n) is 17.1. The standard InChI is InChI=1S/C24H25N3OS/c1-16-13-18(3)20(14-17(16)2)21-10-11-23(26-25-21)29-15-24(28)27-12-6-8-19-7-4-5-9-22(19)27/h4-5,7,9-11,13-14H,6,8,12,15H2,1-3H3. The SMILES string of the molecule is Cc1cc(C)c(-c2ccc(SCC(=O)N3CCCc4ccccc43)nn2)cc1C. The second-order valence-electron chi connectivity index (χ2n) is 7.57. The lowest BCUT2D eigenvalue weighted by Crippen LogP contribution is -2.36. The molecule has 0 radical (unpaired) electrons. The van der Waals surface area contributed by atoms with Crippen LogP contribution in [0.15, 0.2) is 53.6 Å². The van der Waals surface area contributed by atoms with Gasteiger partial charge in [0, 0.05) is 17.8 Å². The molecule has 29 heavy (non-hydrogen) atoms. The Hall–Kier alpha value is -2.66. The average Bonchev–Trinajstić information content (AvgIpc) is 2.74. The van der Waals surface area contributed by atoms with Gasteiger partial charge < -0.3 is 4.90 Å². The summed E-state index contributed by atoms with van der Waals surface area (Å²) < 4.78 is 0. The predicted octanol–water partition coefficient (Wildman–Crippen LogP) is 5.14. The number of carbonyl (C=O) groups is 1. The van der Waals surface area contributed by atoms with E-state index in [-0.39, 0.29) is 5.91 Å². The fourth-order valence-corrected chi connectivity index (χ4v) is 4.47. The first-order valence-corrected chi connectivity index (χ1v) is 10.9. The molecule has 2 aromatic carbocycles. The van der Waals surface area contributed by atoms with E-state index in [1.54, 1.807) is 0 Å². The van der Waals surface area contributed by atoms with Gasteiger partial charge in [-0.25, -0.2) is 0 Å². The summed E-state index contributed by atoms with van der Waals surface area (Å²) in [6.45, 7) is 7.11. The van der Waals surface area contributed by atoms with Crippen molar-refractivity contribution in [3.05, 3.63) is 70.8 Å². The van der Waals surface area contributed by atoms with E-state index in [1.165, 1.54) is 34.0 Å². The minimum absolute atomic E-state index is 0.123. The Morgan fingerprint density at radius 2 is 1.79 bits per heavy atom. The Bertz CT molecular complexity index is 1050. The monoisotopic (exact) mass is 403 g/mol. The highest BCUT2D eigenvalue weighted by atomic mass is 32.2. The van der Waals surface area contributed by atoms with Gasteiger partial charge in [0.1, 0.15) is 5.03 Å². The number of aromatic nitrogens is 2. The average molecular weight is 404 g/mol. The number of carbonyl (C=O) groups excluding carboxylic acids is 1. The maximum absolute atomic E-state index is 12.8. The molecule has 0 fully saturated rings. The highest BCUT2D eigenvalue weighted by Gasteiger charge is 2.22. The van der Waals surface area contributed by atoms with Gasteiger partial charge in [-0.2, -0.15) is 0 Å². The van der Waals surface area contributed by atoms with Crippen LogP contribution in [-0.4, -0.2) is 28.4 Å². The molecule has 0 bridgehead atoms. The van der Waals surface area contributed by atoms with Crippen LogP contribution < -0.4 is 4.90 Å². The molecule has 5 heteroatoms. The molecule has 4 nitrogen and oxygen atoms in total.